The normalized spacial score (nSPS) is 10.6. The Hall–Kier alpha value is -1.26. The van der Waals surface area contributed by atoms with E-state index in [-0.39, 0.29) is 18.5 Å². The molecule has 0 aliphatic heterocycles. The Kier molecular flexibility index (Phi) is 6.12. The SMILES string of the molecule is CCN(CC(=O)NC(C)C)c1c(Cl)cccc1CN. The van der Waals surface area contributed by atoms with Crippen molar-refractivity contribution in [1.82, 2.24) is 5.32 Å². The lowest BCUT2D eigenvalue weighted by molar-refractivity contribution is -0.120. The average Bonchev–Trinajstić information content (AvgIpc) is 2.35. The number of anilines is 1. The molecule has 0 radical (unpaired) electrons. The summed E-state index contributed by atoms with van der Waals surface area (Å²) in [6.07, 6.45) is 0. The Balaban J connectivity index is 2.94. The molecule has 0 aromatic heterocycles. The predicted molar refractivity (Wildman–Crippen MR) is 80.5 cm³/mol. The maximum absolute atomic E-state index is 11.9. The van der Waals surface area contributed by atoms with Gasteiger partial charge in [0.1, 0.15) is 0 Å². The molecule has 0 unspecified atom stereocenters. The van der Waals surface area contributed by atoms with Gasteiger partial charge in [-0.2, -0.15) is 0 Å². The summed E-state index contributed by atoms with van der Waals surface area (Å²) in [5, 5.41) is 3.51. The summed E-state index contributed by atoms with van der Waals surface area (Å²) < 4.78 is 0. The van der Waals surface area contributed by atoms with E-state index in [4.69, 9.17) is 17.3 Å². The van der Waals surface area contributed by atoms with E-state index < -0.39 is 0 Å². The zero-order valence-electron chi connectivity index (χ0n) is 11.7. The fraction of sp³-hybridized carbons (Fsp3) is 0.500. The summed E-state index contributed by atoms with van der Waals surface area (Å²) in [5.41, 5.74) is 7.54. The van der Waals surface area contributed by atoms with Crippen LogP contribution < -0.4 is 16.0 Å². The van der Waals surface area contributed by atoms with Crippen LogP contribution in [0.25, 0.3) is 0 Å². The van der Waals surface area contributed by atoms with Crippen LogP contribution in [-0.2, 0) is 11.3 Å². The molecule has 1 amide bonds. The highest BCUT2D eigenvalue weighted by Gasteiger charge is 2.16. The molecular formula is C14H22ClN3O. The quantitative estimate of drug-likeness (QED) is 0.841. The van der Waals surface area contributed by atoms with Crippen LogP contribution in [0, 0.1) is 0 Å². The van der Waals surface area contributed by atoms with Gasteiger partial charge in [-0.3, -0.25) is 4.79 Å². The third kappa shape index (κ3) is 4.40. The molecule has 0 heterocycles. The molecule has 0 bridgehead atoms. The van der Waals surface area contributed by atoms with Gasteiger partial charge < -0.3 is 16.0 Å². The van der Waals surface area contributed by atoms with Gasteiger partial charge in [-0.25, -0.2) is 0 Å². The molecule has 0 saturated heterocycles. The van der Waals surface area contributed by atoms with E-state index in [0.717, 1.165) is 11.3 Å². The minimum absolute atomic E-state index is 0.0141. The van der Waals surface area contributed by atoms with Crippen molar-refractivity contribution in [3.63, 3.8) is 0 Å². The van der Waals surface area contributed by atoms with E-state index >= 15 is 0 Å². The largest absolute Gasteiger partial charge is 0.361 e. The molecular weight excluding hydrogens is 262 g/mol. The molecule has 0 aliphatic rings. The topological polar surface area (TPSA) is 58.4 Å². The number of carbonyl (C=O) groups excluding carboxylic acids is 1. The zero-order chi connectivity index (χ0) is 14.4. The summed E-state index contributed by atoms with van der Waals surface area (Å²) in [5.74, 6) is -0.0141. The molecule has 0 aliphatic carbocycles. The highest BCUT2D eigenvalue weighted by Crippen LogP contribution is 2.29. The van der Waals surface area contributed by atoms with Crippen LogP contribution >= 0.6 is 11.6 Å². The lowest BCUT2D eigenvalue weighted by Gasteiger charge is -2.26. The summed E-state index contributed by atoms with van der Waals surface area (Å²) in [6, 6.07) is 5.76. The number of para-hydroxylation sites is 1. The second-order valence-corrected chi connectivity index (χ2v) is 5.10. The van der Waals surface area contributed by atoms with Crippen molar-refractivity contribution in [2.75, 3.05) is 18.0 Å². The van der Waals surface area contributed by atoms with Crippen LogP contribution in [-0.4, -0.2) is 25.0 Å². The van der Waals surface area contributed by atoms with Crippen LogP contribution in [0.15, 0.2) is 18.2 Å². The molecule has 0 spiro atoms. The van der Waals surface area contributed by atoms with Crippen LogP contribution in [0.3, 0.4) is 0 Å². The number of likely N-dealkylation sites (N-methyl/N-ethyl adjacent to an activating group) is 1. The predicted octanol–water partition coefficient (Wildman–Crippen LogP) is 2.15. The van der Waals surface area contributed by atoms with Crippen molar-refractivity contribution in [1.29, 1.82) is 0 Å². The van der Waals surface area contributed by atoms with Crippen LogP contribution in [0.5, 0.6) is 0 Å². The van der Waals surface area contributed by atoms with Crippen molar-refractivity contribution in [2.45, 2.75) is 33.4 Å². The molecule has 5 heteroatoms. The lowest BCUT2D eigenvalue weighted by Crippen LogP contribution is -2.40. The first-order valence-electron chi connectivity index (χ1n) is 6.51. The maximum atomic E-state index is 11.9. The molecule has 4 nitrogen and oxygen atoms in total. The minimum Gasteiger partial charge on any atom is -0.361 e. The van der Waals surface area contributed by atoms with E-state index in [1.807, 2.05) is 43.9 Å². The van der Waals surface area contributed by atoms with Gasteiger partial charge in [-0.05, 0) is 32.4 Å². The first kappa shape index (κ1) is 15.8. The number of carbonyl (C=O) groups is 1. The number of amides is 1. The Morgan fingerprint density at radius 1 is 1.47 bits per heavy atom. The van der Waals surface area contributed by atoms with E-state index in [0.29, 0.717) is 18.1 Å². The summed E-state index contributed by atoms with van der Waals surface area (Å²) in [4.78, 5) is 13.8. The number of rotatable bonds is 6. The Bertz CT molecular complexity index is 435. The number of benzene rings is 1. The highest BCUT2D eigenvalue weighted by molar-refractivity contribution is 6.33. The Labute approximate surface area is 119 Å². The summed E-state index contributed by atoms with van der Waals surface area (Å²) in [6.45, 7) is 7.25. The second kappa shape index (κ2) is 7.36. The number of nitrogens with two attached hydrogens (primary N) is 1. The molecule has 0 saturated carbocycles. The number of nitrogens with zero attached hydrogens (tertiary/aromatic N) is 1. The summed E-state index contributed by atoms with van der Waals surface area (Å²) in [7, 11) is 0. The van der Waals surface area contributed by atoms with E-state index in [9.17, 15) is 4.79 Å². The van der Waals surface area contributed by atoms with Gasteiger partial charge in [0.05, 0.1) is 17.3 Å². The molecule has 19 heavy (non-hydrogen) atoms. The first-order valence-corrected chi connectivity index (χ1v) is 6.89. The van der Waals surface area contributed by atoms with E-state index in [1.54, 1.807) is 0 Å². The third-order valence-corrected chi connectivity index (χ3v) is 3.08. The van der Waals surface area contributed by atoms with Crippen molar-refractivity contribution < 1.29 is 4.79 Å². The average molecular weight is 284 g/mol. The highest BCUT2D eigenvalue weighted by atomic mass is 35.5. The monoisotopic (exact) mass is 283 g/mol. The fourth-order valence-corrected chi connectivity index (χ4v) is 2.28. The smallest absolute Gasteiger partial charge is 0.239 e. The van der Waals surface area contributed by atoms with Gasteiger partial charge >= 0.3 is 0 Å². The fourth-order valence-electron chi connectivity index (χ4n) is 1.97. The van der Waals surface area contributed by atoms with Gasteiger partial charge in [-0.15, -0.1) is 0 Å². The number of nitrogens with one attached hydrogen (secondary N) is 1. The molecule has 0 atom stereocenters. The molecule has 1 rings (SSSR count). The molecule has 1 aromatic carbocycles. The van der Waals surface area contributed by atoms with Crippen molar-refractivity contribution in [3.8, 4) is 0 Å². The van der Waals surface area contributed by atoms with Crippen LogP contribution in [0.2, 0.25) is 5.02 Å². The third-order valence-electron chi connectivity index (χ3n) is 2.77. The van der Waals surface area contributed by atoms with E-state index in [2.05, 4.69) is 5.32 Å². The molecule has 1 aromatic rings. The summed E-state index contributed by atoms with van der Waals surface area (Å²) >= 11 is 6.24. The second-order valence-electron chi connectivity index (χ2n) is 4.69. The van der Waals surface area contributed by atoms with Crippen molar-refractivity contribution in [2.24, 2.45) is 5.73 Å². The number of hydrogen-bond acceptors (Lipinski definition) is 3. The minimum atomic E-state index is -0.0141. The molecule has 106 valence electrons. The molecule has 0 fully saturated rings. The van der Waals surface area contributed by atoms with E-state index in [1.165, 1.54) is 0 Å². The van der Waals surface area contributed by atoms with Crippen LogP contribution in [0.4, 0.5) is 5.69 Å². The molecule has 3 N–H and O–H groups in total. The van der Waals surface area contributed by atoms with Gasteiger partial charge in [-0.1, -0.05) is 23.7 Å². The van der Waals surface area contributed by atoms with Crippen LogP contribution in [0.1, 0.15) is 26.3 Å². The van der Waals surface area contributed by atoms with Gasteiger partial charge in [0, 0.05) is 19.1 Å². The van der Waals surface area contributed by atoms with Crippen molar-refractivity contribution in [3.05, 3.63) is 28.8 Å². The Morgan fingerprint density at radius 3 is 2.68 bits per heavy atom. The van der Waals surface area contributed by atoms with Gasteiger partial charge in [0.2, 0.25) is 5.91 Å². The van der Waals surface area contributed by atoms with Crippen molar-refractivity contribution >= 4 is 23.2 Å². The number of halogens is 1. The standard InChI is InChI=1S/C14H22ClN3O/c1-4-18(9-13(19)17-10(2)3)14-11(8-16)6-5-7-12(14)15/h5-7,10H,4,8-9,16H2,1-3H3,(H,17,19). The lowest BCUT2D eigenvalue weighted by atomic mass is 10.1. The first-order chi connectivity index (χ1) is 8.99. The maximum Gasteiger partial charge on any atom is 0.239 e. The zero-order valence-corrected chi connectivity index (χ0v) is 12.5. The van der Waals surface area contributed by atoms with Gasteiger partial charge in [0.25, 0.3) is 0 Å². The Morgan fingerprint density at radius 2 is 2.16 bits per heavy atom. The number of hydrogen-bond donors (Lipinski definition) is 2. The van der Waals surface area contributed by atoms with Gasteiger partial charge in [0.15, 0.2) is 0 Å².